The lowest BCUT2D eigenvalue weighted by Gasteiger charge is -2.08. The molecule has 1 amide bonds. The number of methoxy groups -OCH3 is 1. The fourth-order valence-corrected chi connectivity index (χ4v) is 1.83. The van der Waals surface area contributed by atoms with E-state index in [1.165, 1.54) is 7.11 Å². The molecule has 0 atom stereocenters. The van der Waals surface area contributed by atoms with Crippen molar-refractivity contribution in [2.24, 2.45) is 0 Å². The summed E-state index contributed by atoms with van der Waals surface area (Å²) in [4.78, 5) is 34.2. The molecule has 0 heterocycles. The van der Waals surface area contributed by atoms with Crippen molar-refractivity contribution in [2.45, 2.75) is 32.6 Å². The first-order valence-electron chi connectivity index (χ1n) is 7.54. The van der Waals surface area contributed by atoms with Gasteiger partial charge in [0.2, 0.25) is 0 Å². The third-order valence-electron chi connectivity index (χ3n) is 3.25. The standard InChI is InChI=1S/C17H23NO5/c1-12(2)13-6-8-14(9-7-13)17(21)23-11-15(19)18-10-4-5-16(20)22-3/h6-9,12H,4-5,10-11H2,1-3H3,(H,18,19). The minimum Gasteiger partial charge on any atom is -0.469 e. The molecule has 0 aliphatic heterocycles. The van der Waals surface area contributed by atoms with Crippen LogP contribution >= 0.6 is 0 Å². The van der Waals surface area contributed by atoms with Crippen LogP contribution in [0.4, 0.5) is 0 Å². The average Bonchev–Trinajstić information content (AvgIpc) is 2.56. The molecule has 0 saturated heterocycles. The van der Waals surface area contributed by atoms with Crippen LogP contribution < -0.4 is 5.32 Å². The summed E-state index contributed by atoms with van der Waals surface area (Å²) in [6.07, 6.45) is 0.710. The van der Waals surface area contributed by atoms with Gasteiger partial charge in [-0.25, -0.2) is 4.79 Å². The molecule has 126 valence electrons. The van der Waals surface area contributed by atoms with E-state index in [1.807, 2.05) is 12.1 Å². The quantitative estimate of drug-likeness (QED) is 0.585. The van der Waals surface area contributed by atoms with E-state index in [9.17, 15) is 14.4 Å². The number of rotatable bonds is 8. The van der Waals surface area contributed by atoms with E-state index < -0.39 is 11.9 Å². The highest BCUT2D eigenvalue weighted by Crippen LogP contribution is 2.15. The van der Waals surface area contributed by atoms with Crippen LogP contribution in [-0.4, -0.2) is 38.1 Å². The van der Waals surface area contributed by atoms with Crippen LogP contribution in [0, 0.1) is 0 Å². The molecule has 6 heteroatoms. The molecular formula is C17H23NO5. The third-order valence-corrected chi connectivity index (χ3v) is 3.25. The average molecular weight is 321 g/mol. The largest absolute Gasteiger partial charge is 0.469 e. The maximum absolute atomic E-state index is 11.8. The van der Waals surface area contributed by atoms with E-state index in [4.69, 9.17) is 4.74 Å². The van der Waals surface area contributed by atoms with Crippen molar-refractivity contribution in [1.82, 2.24) is 5.32 Å². The molecule has 1 aromatic carbocycles. The molecule has 1 rings (SSSR count). The third kappa shape index (κ3) is 6.95. The van der Waals surface area contributed by atoms with Gasteiger partial charge in [0.25, 0.3) is 5.91 Å². The second kappa shape index (κ2) is 9.61. The van der Waals surface area contributed by atoms with E-state index >= 15 is 0 Å². The number of benzene rings is 1. The van der Waals surface area contributed by atoms with E-state index in [0.717, 1.165) is 5.56 Å². The Hall–Kier alpha value is -2.37. The van der Waals surface area contributed by atoms with Gasteiger partial charge in [0.1, 0.15) is 0 Å². The lowest BCUT2D eigenvalue weighted by atomic mass is 10.0. The Balaban J connectivity index is 2.29. The van der Waals surface area contributed by atoms with Gasteiger partial charge < -0.3 is 14.8 Å². The molecule has 1 aromatic rings. The smallest absolute Gasteiger partial charge is 0.338 e. The molecule has 6 nitrogen and oxygen atoms in total. The van der Waals surface area contributed by atoms with Crippen molar-refractivity contribution in [3.05, 3.63) is 35.4 Å². The summed E-state index contributed by atoms with van der Waals surface area (Å²) in [6, 6.07) is 7.11. The highest BCUT2D eigenvalue weighted by atomic mass is 16.5. The number of amides is 1. The molecule has 0 unspecified atom stereocenters. The van der Waals surface area contributed by atoms with Gasteiger partial charge in [-0.05, 0) is 30.0 Å². The molecule has 0 fully saturated rings. The predicted molar refractivity (Wildman–Crippen MR) is 85.1 cm³/mol. The molecule has 23 heavy (non-hydrogen) atoms. The lowest BCUT2D eigenvalue weighted by Crippen LogP contribution is -2.29. The summed E-state index contributed by atoms with van der Waals surface area (Å²) in [7, 11) is 1.31. The Morgan fingerprint density at radius 2 is 1.78 bits per heavy atom. The fraction of sp³-hybridized carbons (Fsp3) is 0.471. The molecule has 1 N–H and O–H groups in total. The molecule has 0 saturated carbocycles. The topological polar surface area (TPSA) is 81.7 Å². The van der Waals surface area contributed by atoms with Gasteiger partial charge in [-0.3, -0.25) is 9.59 Å². The first-order chi connectivity index (χ1) is 10.9. The van der Waals surface area contributed by atoms with Gasteiger partial charge in [-0.1, -0.05) is 26.0 Å². The zero-order valence-electron chi connectivity index (χ0n) is 13.8. The zero-order valence-corrected chi connectivity index (χ0v) is 13.8. The van der Waals surface area contributed by atoms with Crippen LogP contribution in [-0.2, 0) is 19.1 Å². The highest BCUT2D eigenvalue weighted by molar-refractivity contribution is 5.91. The van der Waals surface area contributed by atoms with Gasteiger partial charge in [0.15, 0.2) is 6.61 Å². The SMILES string of the molecule is COC(=O)CCCNC(=O)COC(=O)c1ccc(C(C)C)cc1. The van der Waals surface area contributed by atoms with Crippen molar-refractivity contribution in [3.63, 3.8) is 0 Å². The van der Waals surface area contributed by atoms with Gasteiger partial charge in [0.05, 0.1) is 12.7 Å². The van der Waals surface area contributed by atoms with Crippen LogP contribution in [0.1, 0.15) is 48.5 Å². The van der Waals surface area contributed by atoms with Crippen LogP contribution in [0.2, 0.25) is 0 Å². The number of carbonyl (C=O) groups is 3. The van der Waals surface area contributed by atoms with Crippen molar-refractivity contribution in [2.75, 3.05) is 20.3 Å². The highest BCUT2D eigenvalue weighted by Gasteiger charge is 2.10. The summed E-state index contributed by atoms with van der Waals surface area (Å²) >= 11 is 0. The Bertz CT molecular complexity index is 536. The zero-order chi connectivity index (χ0) is 17.2. The molecule has 0 aromatic heterocycles. The summed E-state index contributed by atoms with van der Waals surface area (Å²) in [5, 5.41) is 2.57. The summed E-state index contributed by atoms with van der Waals surface area (Å²) in [6.45, 7) is 4.12. The van der Waals surface area contributed by atoms with Crippen molar-refractivity contribution >= 4 is 17.8 Å². The van der Waals surface area contributed by atoms with Crippen LogP contribution in [0.5, 0.6) is 0 Å². The minimum absolute atomic E-state index is 0.235. The fourth-order valence-electron chi connectivity index (χ4n) is 1.83. The van der Waals surface area contributed by atoms with Crippen molar-refractivity contribution in [1.29, 1.82) is 0 Å². The van der Waals surface area contributed by atoms with Gasteiger partial charge >= 0.3 is 11.9 Å². The molecule has 0 bridgehead atoms. The molecule has 0 radical (unpaired) electrons. The first-order valence-corrected chi connectivity index (χ1v) is 7.54. The first kappa shape index (κ1) is 18.7. The Morgan fingerprint density at radius 1 is 1.13 bits per heavy atom. The van der Waals surface area contributed by atoms with Crippen molar-refractivity contribution < 1.29 is 23.9 Å². The summed E-state index contributed by atoms with van der Waals surface area (Å²) < 4.78 is 9.43. The number of esters is 2. The van der Waals surface area contributed by atoms with Crippen molar-refractivity contribution in [3.8, 4) is 0 Å². The Morgan fingerprint density at radius 3 is 2.35 bits per heavy atom. The van der Waals surface area contributed by atoms with E-state index in [-0.39, 0.29) is 19.0 Å². The monoisotopic (exact) mass is 321 g/mol. The molecule has 0 aliphatic rings. The predicted octanol–water partition coefficient (Wildman–Crippen LogP) is 2.04. The van der Waals surface area contributed by atoms with Crippen LogP contribution in [0.25, 0.3) is 0 Å². The molecular weight excluding hydrogens is 298 g/mol. The summed E-state index contributed by atoms with van der Waals surface area (Å²) in [5.41, 5.74) is 1.54. The van der Waals surface area contributed by atoms with Gasteiger partial charge in [-0.15, -0.1) is 0 Å². The number of hydrogen-bond acceptors (Lipinski definition) is 5. The molecule has 0 aliphatic carbocycles. The lowest BCUT2D eigenvalue weighted by molar-refractivity contribution is -0.140. The van der Waals surface area contributed by atoms with Gasteiger partial charge in [-0.2, -0.15) is 0 Å². The maximum atomic E-state index is 11.8. The second-order valence-electron chi connectivity index (χ2n) is 5.38. The Labute approximate surface area is 136 Å². The number of hydrogen-bond donors (Lipinski definition) is 1. The number of carbonyl (C=O) groups excluding carboxylic acids is 3. The Kier molecular flexibility index (Phi) is 7.80. The van der Waals surface area contributed by atoms with E-state index in [2.05, 4.69) is 23.9 Å². The second-order valence-corrected chi connectivity index (χ2v) is 5.38. The minimum atomic E-state index is -0.537. The van der Waals surface area contributed by atoms with E-state index in [0.29, 0.717) is 24.4 Å². The van der Waals surface area contributed by atoms with Gasteiger partial charge in [0, 0.05) is 13.0 Å². The van der Waals surface area contributed by atoms with E-state index in [1.54, 1.807) is 12.1 Å². The maximum Gasteiger partial charge on any atom is 0.338 e. The number of ether oxygens (including phenoxy) is 2. The van der Waals surface area contributed by atoms with Crippen LogP contribution in [0.3, 0.4) is 0 Å². The number of nitrogens with one attached hydrogen (secondary N) is 1. The normalized spacial score (nSPS) is 10.3. The molecule has 0 spiro atoms. The van der Waals surface area contributed by atoms with Crippen LogP contribution in [0.15, 0.2) is 24.3 Å². The summed E-state index contributed by atoms with van der Waals surface area (Å²) in [5.74, 6) is -0.876.